The molecule has 0 saturated heterocycles. The van der Waals surface area contributed by atoms with E-state index in [0.717, 1.165) is 17.5 Å². The van der Waals surface area contributed by atoms with E-state index in [2.05, 4.69) is 11.8 Å². The van der Waals surface area contributed by atoms with Crippen molar-refractivity contribution in [2.45, 2.75) is 27.2 Å². The third-order valence-corrected chi connectivity index (χ3v) is 3.63. The Morgan fingerprint density at radius 2 is 1.50 bits per heavy atom. The number of benzene rings is 2. The molecule has 112 valence electrons. The van der Waals surface area contributed by atoms with E-state index in [0.29, 0.717) is 5.75 Å². The fraction of sp³-hybridized carbons (Fsp3) is 0.250. The molecule has 2 rings (SSSR count). The van der Waals surface area contributed by atoms with Gasteiger partial charge in [-0.25, -0.2) is 0 Å². The lowest BCUT2D eigenvalue weighted by Crippen LogP contribution is -2.28. The molecule has 0 aliphatic rings. The molecule has 0 saturated carbocycles. The van der Waals surface area contributed by atoms with Gasteiger partial charge in [-0.2, -0.15) is 0 Å². The zero-order valence-corrected chi connectivity index (χ0v) is 13.2. The van der Waals surface area contributed by atoms with Crippen LogP contribution in [0, 0.1) is 17.3 Å². The maximum absolute atomic E-state index is 12.0. The predicted molar refractivity (Wildman–Crippen MR) is 88.6 cm³/mol. The minimum atomic E-state index is -0.466. The van der Waals surface area contributed by atoms with Gasteiger partial charge in [0.05, 0.1) is 5.41 Å². The van der Waals surface area contributed by atoms with E-state index in [9.17, 15) is 4.79 Å². The lowest BCUT2D eigenvalue weighted by molar-refractivity contribution is -0.144. The van der Waals surface area contributed by atoms with E-state index in [4.69, 9.17) is 4.74 Å². The molecule has 0 radical (unpaired) electrons. The highest BCUT2D eigenvalue weighted by atomic mass is 16.5. The highest BCUT2D eigenvalue weighted by molar-refractivity contribution is 5.78. The Balaban J connectivity index is 2.05. The summed E-state index contributed by atoms with van der Waals surface area (Å²) in [6.45, 7) is 5.74. The summed E-state index contributed by atoms with van der Waals surface area (Å²) in [6.07, 6.45) is 0.743. The van der Waals surface area contributed by atoms with Gasteiger partial charge in [0.1, 0.15) is 5.75 Å². The van der Waals surface area contributed by atoms with E-state index < -0.39 is 5.41 Å². The van der Waals surface area contributed by atoms with Gasteiger partial charge in [-0.05, 0) is 56.7 Å². The molecule has 2 nitrogen and oxygen atoms in total. The fourth-order valence-electron chi connectivity index (χ4n) is 1.66. The largest absolute Gasteiger partial charge is 0.426 e. The fourth-order valence-corrected chi connectivity index (χ4v) is 1.66. The van der Waals surface area contributed by atoms with Crippen LogP contribution in [-0.2, 0) is 4.79 Å². The smallest absolute Gasteiger partial charge is 0.316 e. The molecular formula is C20H20O2. The van der Waals surface area contributed by atoms with E-state index in [-0.39, 0.29) is 5.97 Å². The van der Waals surface area contributed by atoms with Gasteiger partial charge in [-0.3, -0.25) is 4.79 Å². The van der Waals surface area contributed by atoms with Gasteiger partial charge >= 0.3 is 5.97 Å². The predicted octanol–water partition coefficient (Wildman–Crippen LogP) is 4.43. The minimum absolute atomic E-state index is 0.210. The topological polar surface area (TPSA) is 26.3 Å². The lowest BCUT2D eigenvalue weighted by Gasteiger charge is -2.19. The monoisotopic (exact) mass is 292 g/mol. The second-order valence-corrected chi connectivity index (χ2v) is 5.77. The maximum atomic E-state index is 12.0. The maximum Gasteiger partial charge on any atom is 0.316 e. The summed E-state index contributed by atoms with van der Waals surface area (Å²) < 4.78 is 5.40. The Hall–Kier alpha value is -2.53. The van der Waals surface area contributed by atoms with Crippen molar-refractivity contribution in [2.75, 3.05) is 0 Å². The second kappa shape index (κ2) is 6.95. The summed E-state index contributed by atoms with van der Waals surface area (Å²) in [4.78, 5) is 12.0. The zero-order chi connectivity index (χ0) is 16.0. The van der Waals surface area contributed by atoms with Crippen molar-refractivity contribution in [1.29, 1.82) is 0 Å². The number of carbonyl (C=O) groups excluding carboxylic acids is 1. The van der Waals surface area contributed by atoms with Crippen LogP contribution < -0.4 is 4.74 Å². The molecule has 22 heavy (non-hydrogen) atoms. The van der Waals surface area contributed by atoms with Crippen LogP contribution in [0.4, 0.5) is 0 Å². The molecule has 0 atom stereocenters. The molecule has 0 unspecified atom stereocenters. The van der Waals surface area contributed by atoms with Crippen LogP contribution in [-0.4, -0.2) is 5.97 Å². The van der Waals surface area contributed by atoms with Crippen LogP contribution in [0.15, 0.2) is 54.6 Å². The Morgan fingerprint density at radius 1 is 0.955 bits per heavy atom. The standard InChI is InChI=1S/C20H20O2/c1-4-20(2,3)19(21)22-18-14-12-17(13-15-18)11-10-16-8-6-5-7-9-16/h5-9,12-15H,4H2,1-3H3. The Morgan fingerprint density at radius 3 is 2.05 bits per heavy atom. The normalized spacial score (nSPS) is 10.5. The number of ether oxygens (including phenoxy) is 1. The quantitative estimate of drug-likeness (QED) is 0.475. The molecule has 0 aliphatic carbocycles. The summed E-state index contributed by atoms with van der Waals surface area (Å²) in [7, 11) is 0. The first-order valence-corrected chi connectivity index (χ1v) is 7.41. The summed E-state index contributed by atoms with van der Waals surface area (Å²) in [6, 6.07) is 17.1. The van der Waals surface area contributed by atoms with Crippen LogP contribution in [0.1, 0.15) is 38.3 Å². The summed E-state index contributed by atoms with van der Waals surface area (Å²) >= 11 is 0. The molecule has 0 aliphatic heterocycles. The third kappa shape index (κ3) is 4.23. The van der Waals surface area contributed by atoms with Crippen molar-refractivity contribution in [1.82, 2.24) is 0 Å². The summed E-state index contributed by atoms with van der Waals surface area (Å²) in [5.74, 6) is 6.53. The van der Waals surface area contributed by atoms with Gasteiger partial charge in [0.2, 0.25) is 0 Å². The van der Waals surface area contributed by atoms with E-state index in [1.807, 2.05) is 63.2 Å². The Kier molecular flexibility index (Phi) is 5.01. The molecular weight excluding hydrogens is 272 g/mol. The van der Waals surface area contributed by atoms with Crippen molar-refractivity contribution in [2.24, 2.45) is 5.41 Å². The molecule has 0 aromatic heterocycles. The number of hydrogen-bond acceptors (Lipinski definition) is 2. The molecule has 2 heteroatoms. The van der Waals surface area contributed by atoms with E-state index >= 15 is 0 Å². The average molecular weight is 292 g/mol. The third-order valence-electron chi connectivity index (χ3n) is 3.63. The van der Waals surface area contributed by atoms with Crippen LogP contribution in [0.3, 0.4) is 0 Å². The average Bonchev–Trinajstić information content (AvgIpc) is 2.55. The SMILES string of the molecule is CCC(C)(C)C(=O)Oc1ccc(C#Cc2ccccc2)cc1. The summed E-state index contributed by atoms with van der Waals surface area (Å²) in [5.41, 5.74) is 1.40. The summed E-state index contributed by atoms with van der Waals surface area (Å²) in [5, 5.41) is 0. The van der Waals surface area contributed by atoms with Gasteiger partial charge in [0.25, 0.3) is 0 Å². The van der Waals surface area contributed by atoms with Crippen molar-refractivity contribution in [3.05, 3.63) is 65.7 Å². The first-order chi connectivity index (χ1) is 10.5. The van der Waals surface area contributed by atoms with Crippen molar-refractivity contribution in [3.63, 3.8) is 0 Å². The highest BCUT2D eigenvalue weighted by Crippen LogP contribution is 2.23. The lowest BCUT2D eigenvalue weighted by atomic mass is 9.91. The molecule has 0 bridgehead atoms. The molecule has 2 aromatic carbocycles. The van der Waals surface area contributed by atoms with Crippen LogP contribution in [0.5, 0.6) is 5.75 Å². The van der Waals surface area contributed by atoms with Crippen molar-refractivity contribution >= 4 is 5.97 Å². The van der Waals surface area contributed by atoms with Gasteiger partial charge < -0.3 is 4.74 Å². The van der Waals surface area contributed by atoms with Gasteiger partial charge in [-0.1, -0.05) is 37.0 Å². The number of esters is 1. The number of rotatable bonds is 3. The van der Waals surface area contributed by atoms with Crippen LogP contribution >= 0.6 is 0 Å². The first-order valence-electron chi connectivity index (χ1n) is 7.41. The zero-order valence-electron chi connectivity index (χ0n) is 13.2. The van der Waals surface area contributed by atoms with Gasteiger partial charge in [-0.15, -0.1) is 0 Å². The van der Waals surface area contributed by atoms with Gasteiger partial charge in [0.15, 0.2) is 0 Å². The first kappa shape index (κ1) is 15.9. The minimum Gasteiger partial charge on any atom is -0.426 e. The van der Waals surface area contributed by atoms with Crippen molar-refractivity contribution in [3.8, 4) is 17.6 Å². The second-order valence-electron chi connectivity index (χ2n) is 5.77. The number of hydrogen-bond donors (Lipinski definition) is 0. The van der Waals surface area contributed by atoms with Crippen LogP contribution in [0.2, 0.25) is 0 Å². The van der Waals surface area contributed by atoms with Crippen molar-refractivity contribution < 1.29 is 9.53 Å². The molecule has 0 spiro atoms. The number of carbonyl (C=O) groups is 1. The molecule has 0 fully saturated rings. The van der Waals surface area contributed by atoms with E-state index in [1.165, 1.54) is 0 Å². The highest BCUT2D eigenvalue weighted by Gasteiger charge is 2.27. The molecule has 0 N–H and O–H groups in total. The Bertz CT molecular complexity index is 686. The van der Waals surface area contributed by atoms with E-state index in [1.54, 1.807) is 12.1 Å². The Labute approximate surface area is 132 Å². The van der Waals surface area contributed by atoms with Gasteiger partial charge in [0, 0.05) is 11.1 Å². The van der Waals surface area contributed by atoms with Crippen LogP contribution in [0.25, 0.3) is 0 Å². The molecule has 0 amide bonds. The molecule has 0 heterocycles. The molecule has 2 aromatic rings.